The minimum Gasteiger partial charge on any atom is -0.341 e. The van der Waals surface area contributed by atoms with Gasteiger partial charge in [-0.3, -0.25) is 4.79 Å². The number of hydrogen-bond donors (Lipinski definition) is 0. The fraction of sp³-hybridized carbons (Fsp3) is 0.533. The van der Waals surface area contributed by atoms with Crippen molar-refractivity contribution in [2.24, 2.45) is 5.92 Å². The number of carbonyl (C=O) groups is 1. The maximum absolute atomic E-state index is 12.4. The Morgan fingerprint density at radius 3 is 2.59 bits per heavy atom. The van der Waals surface area contributed by atoms with Crippen LogP contribution >= 0.6 is 11.6 Å². The van der Waals surface area contributed by atoms with Gasteiger partial charge in [-0.15, -0.1) is 0 Å². The van der Waals surface area contributed by atoms with Gasteiger partial charge in [0.2, 0.25) is 15.9 Å². The van der Waals surface area contributed by atoms with Gasteiger partial charge in [0, 0.05) is 25.2 Å². The molecule has 5 nitrogen and oxygen atoms in total. The van der Waals surface area contributed by atoms with Crippen LogP contribution in [-0.4, -0.2) is 50.2 Å². The van der Waals surface area contributed by atoms with Gasteiger partial charge in [0.25, 0.3) is 0 Å². The lowest BCUT2D eigenvalue weighted by molar-refractivity contribution is -0.132. The second-order valence-corrected chi connectivity index (χ2v) is 8.28. The lowest BCUT2D eigenvalue weighted by atomic mass is 10.0. The number of likely N-dealkylation sites (N-methyl/N-ethyl adjacent to an activating group) is 1. The number of hydrogen-bond acceptors (Lipinski definition) is 3. The third-order valence-electron chi connectivity index (χ3n) is 3.89. The van der Waals surface area contributed by atoms with Crippen molar-refractivity contribution in [1.82, 2.24) is 9.21 Å². The standard InChI is InChI=1S/C15H21ClN2O3S/c1-12-4-3-9-18(10-12)15(19)11-17(2)22(20,21)14-7-5-13(16)6-8-14/h5-8,12H,3-4,9-11H2,1-2H3. The molecular formula is C15H21ClN2O3S. The van der Waals surface area contributed by atoms with Crippen molar-refractivity contribution >= 4 is 27.5 Å². The molecule has 1 atom stereocenters. The molecule has 7 heteroatoms. The van der Waals surface area contributed by atoms with E-state index in [1.807, 2.05) is 0 Å². The van der Waals surface area contributed by atoms with Gasteiger partial charge in [0.05, 0.1) is 11.4 Å². The number of nitrogens with zero attached hydrogens (tertiary/aromatic N) is 2. The summed E-state index contributed by atoms with van der Waals surface area (Å²) in [5.41, 5.74) is 0. The van der Waals surface area contributed by atoms with Gasteiger partial charge in [-0.1, -0.05) is 18.5 Å². The van der Waals surface area contributed by atoms with Crippen LogP contribution in [0.4, 0.5) is 0 Å². The monoisotopic (exact) mass is 344 g/mol. The Balaban J connectivity index is 2.05. The van der Waals surface area contributed by atoms with E-state index >= 15 is 0 Å². The van der Waals surface area contributed by atoms with Crippen molar-refractivity contribution in [3.63, 3.8) is 0 Å². The summed E-state index contributed by atoms with van der Waals surface area (Å²) in [6, 6.07) is 5.94. The van der Waals surface area contributed by atoms with Gasteiger partial charge in [0.15, 0.2) is 0 Å². The highest BCUT2D eigenvalue weighted by Gasteiger charge is 2.27. The van der Waals surface area contributed by atoms with Crippen LogP contribution in [0.15, 0.2) is 29.2 Å². The van der Waals surface area contributed by atoms with E-state index in [4.69, 9.17) is 11.6 Å². The Bertz CT molecular complexity index is 631. The number of likely N-dealkylation sites (tertiary alicyclic amines) is 1. The average molecular weight is 345 g/mol. The van der Waals surface area contributed by atoms with Gasteiger partial charge in [-0.25, -0.2) is 8.42 Å². The molecule has 0 radical (unpaired) electrons. The van der Waals surface area contributed by atoms with Crippen LogP contribution in [0.25, 0.3) is 0 Å². The number of carbonyl (C=O) groups excluding carboxylic acids is 1. The van der Waals surface area contributed by atoms with E-state index in [0.717, 1.165) is 17.1 Å². The zero-order chi connectivity index (χ0) is 16.3. The van der Waals surface area contributed by atoms with E-state index in [-0.39, 0.29) is 17.3 Å². The molecule has 1 aliphatic rings. The number of sulfonamides is 1. The van der Waals surface area contributed by atoms with Crippen molar-refractivity contribution < 1.29 is 13.2 Å². The Morgan fingerprint density at radius 2 is 2.00 bits per heavy atom. The second kappa shape index (κ2) is 6.98. The van der Waals surface area contributed by atoms with Crippen molar-refractivity contribution in [3.8, 4) is 0 Å². The van der Waals surface area contributed by atoms with Crippen LogP contribution in [0.3, 0.4) is 0 Å². The van der Waals surface area contributed by atoms with Crippen molar-refractivity contribution in [3.05, 3.63) is 29.3 Å². The normalized spacial score (nSPS) is 19.5. The first-order valence-corrected chi connectivity index (χ1v) is 9.12. The van der Waals surface area contributed by atoms with Gasteiger partial charge in [-0.2, -0.15) is 4.31 Å². The highest BCUT2D eigenvalue weighted by Crippen LogP contribution is 2.19. The summed E-state index contributed by atoms with van der Waals surface area (Å²) in [5.74, 6) is 0.322. The zero-order valence-electron chi connectivity index (χ0n) is 12.8. The summed E-state index contributed by atoms with van der Waals surface area (Å²) in [6.07, 6.45) is 2.09. The Labute approximate surface area is 136 Å². The molecule has 1 saturated heterocycles. The van der Waals surface area contributed by atoms with Crippen LogP contribution in [0, 0.1) is 5.92 Å². The highest BCUT2D eigenvalue weighted by molar-refractivity contribution is 7.89. The highest BCUT2D eigenvalue weighted by atomic mass is 35.5. The largest absolute Gasteiger partial charge is 0.341 e. The Hall–Kier alpha value is -1.11. The van der Waals surface area contributed by atoms with Gasteiger partial charge in [-0.05, 0) is 43.0 Å². The summed E-state index contributed by atoms with van der Waals surface area (Å²) in [6.45, 7) is 3.37. The molecule has 1 aromatic rings. The molecule has 1 fully saturated rings. The minimum atomic E-state index is -3.68. The molecule has 1 aliphatic heterocycles. The fourth-order valence-electron chi connectivity index (χ4n) is 2.58. The summed E-state index contributed by atoms with van der Waals surface area (Å²) in [5, 5.41) is 0.472. The molecule has 22 heavy (non-hydrogen) atoms. The molecule has 0 saturated carbocycles. The molecule has 0 bridgehead atoms. The van der Waals surface area contributed by atoms with Crippen LogP contribution in [0.2, 0.25) is 5.02 Å². The van der Waals surface area contributed by atoms with Gasteiger partial charge >= 0.3 is 0 Å². The molecule has 0 spiro atoms. The van der Waals surface area contributed by atoms with E-state index in [0.29, 0.717) is 24.0 Å². The maximum atomic E-state index is 12.4. The lowest BCUT2D eigenvalue weighted by Crippen LogP contribution is -2.45. The van der Waals surface area contributed by atoms with Crippen LogP contribution in [0.1, 0.15) is 19.8 Å². The first-order chi connectivity index (χ1) is 10.3. The molecule has 1 unspecified atom stereocenters. The second-order valence-electron chi connectivity index (χ2n) is 5.80. The van der Waals surface area contributed by atoms with Gasteiger partial charge in [0.1, 0.15) is 0 Å². The third-order valence-corrected chi connectivity index (χ3v) is 5.96. The van der Waals surface area contributed by atoms with Crippen LogP contribution < -0.4 is 0 Å². The average Bonchev–Trinajstić information content (AvgIpc) is 2.47. The molecular weight excluding hydrogens is 324 g/mol. The third kappa shape index (κ3) is 4.00. The number of amides is 1. The maximum Gasteiger partial charge on any atom is 0.243 e. The molecule has 1 heterocycles. The van der Waals surface area contributed by atoms with E-state index in [1.165, 1.54) is 31.3 Å². The van der Waals surface area contributed by atoms with E-state index in [1.54, 1.807) is 4.90 Å². The first kappa shape index (κ1) is 17.2. The molecule has 1 aromatic carbocycles. The molecule has 0 N–H and O–H groups in total. The topological polar surface area (TPSA) is 57.7 Å². The van der Waals surface area contributed by atoms with Crippen molar-refractivity contribution in [2.45, 2.75) is 24.7 Å². The predicted molar refractivity (Wildman–Crippen MR) is 86.2 cm³/mol. The van der Waals surface area contributed by atoms with Crippen LogP contribution in [0.5, 0.6) is 0 Å². The van der Waals surface area contributed by atoms with Gasteiger partial charge < -0.3 is 4.90 Å². The quantitative estimate of drug-likeness (QED) is 0.841. The first-order valence-electron chi connectivity index (χ1n) is 7.30. The summed E-state index contributed by atoms with van der Waals surface area (Å²) in [4.78, 5) is 14.2. The number of benzene rings is 1. The fourth-order valence-corrected chi connectivity index (χ4v) is 3.82. The van der Waals surface area contributed by atoms with Crippen molar-refractivity contribution in [2.75, 3.05) is 26.7 Å². The SMILES string of the molecule is CC1CCCN(C(=O)CN(C)S(=O)(=O)c2ccc(Cl)cc2)C1. The molecule has 0 aliphatic carbocycles. The minimum absolute atomic E-state index is 0.138. The number of halogens is 1. The molecule has 0 aromatic heterocycles. The van der Waals surface area contributed by atoms with Crippen LogP contribution in [-0.2, 0) is 14.8 Å². The summed E-state index contributed by atoms with van der Waals surface area (Å²) >= 11 is 5.77. The van der Waals surface area contributed by atoms with E-state index in [2.05, 4.69) is 6.92 Å². The number of piperidine rings is 1. The zero-order valence-corrected chi connectivity index (χ0v) is 14.4. The molecule has 122 valence electrons. The lowest BCUT2D eigenvalue weighted by Gasteiger charge is -2.32. The Morgan fingerprint density at radius 1 is 1.36 bits per heavy atom. The Kier molecular flexibility index (Phi) is 5.47. The smallest absolute Gasteiger partial charge is 0.243 e. The summed E-state index contributed by atoms with van der Waals surface area (Å²) in [7, 11) is -2.25. The molecule has 1 amide bonds. The molecule has 2 rings (SSSR count). The number of rotatable bonds is 4. The van der Waals surface area contributed by atoms with Crippen molar-refractivity contribution in [1.29, 1.82) is 0 Å². The van der Waals surface area contributed by atoms with E-state index in [9.17, 15) is 13.2 Å². The summed E-state index contributed by atoms with van der Waals surface area (Å²) < 4.78 is 26.0. The predicted octanol–water partition coefficient (Wildman–Crippen LogP) is 2.22. The van der Waals surface area contributed by atoms with E-state index < -0.39 is 10.0 Å².